The Hall–Kier alpha value is -0.700. The number of unbranched alkanes of at least 4 members (excludes halogenated alkanes) is 2. The second kappa shape index (κ2) is 5.91. The summed E-state index contributed by atoms with van der Waals surface area (Å²) in [4.78, 5) is 11.6. The molecule has 1 rings (SSSR count). The van der Waals surface area contributed by atoms with Crippen LogP contribution in [0.2, 0.25) is 0 Å². The van der Waals surface area contributed by atoms with Crippen molar-refractivity contribution < 1.29 is 0 Å². The van der Waals surface area contributed by atoms with E-state index in [1.807, 2.05) is 19.3 Å². The van der Waals surface area contributed by atoms with Gasteiger partial charge in [0.2, 0.25) is 0 Å². The van der Waals surface area contributed by atoms with Crippen molar-refractivity contribution in [2.24, 2.45) is 0 Å². The molecule has 0 spiro atoms. The molecule has 1 aromatic heterocycles. The predicted molar refractivity (Wildman–Crippen MR) is 58.9 cm³/mol. The lowest BCUT2D eigenvalue weighted by Crippen LogP contribution is -2.23. The van der Waals surface area contributed by atoms with Crippen molar-refractivity contribution >= 4 is 11.6 Å². The fraction of sp³-hybridized carbons (Fsp3) is 0.700. The molecule has 0 aliphatic heterocycles. The lowest BCUT2D eigenvalue weighted by Gasteiger charge is -2.00. The summed E-state index contributed by atoms with van der Waals surface area (Å²) in [6.45, 7) is 3.52. The van der Waals surface area contributed by atoms with Crippen molar-refractivity contribution in [1.82, 2.24) is 9.13 Å². The van der Waals surface area contributed by atoms with Crippen LogP contribution in [-0.2, 0) is 13.1 Å². The Morgan fingerprint density at radius 3 is 2.50 bits per heavy atom. The third kappa shape index (κ3) is 2.91. The number of hydrogen-bond acceptors (Lipinski definition) is 1. The van der Waals surface area contributed by atoms with E-state index in [4.69, 9.17) is 11.6 Å². The summed E-state index contributed by atoms with van der Waals surface area (Å²) in [5, 5.41) is 0. The zero-order valence-corrected chi connectivity index (χ0v) is 9.33. The van der Waals surface area contributed by atoms with Gasteiger partial charge < -0.3 is 0 Å². The summed E-state index contributed by atoms with van der Waals surface area (Å²) in [6, 6.07) is 0. The van der Waals surface area contributed by atoms with E-state index in [2.05, 4.69) is 0 Å². The molecule has 0 saturated carbocycles. The molecule has 0 fully saturated rings. The molecule has 0 saturated heterocycles. The number of imidazole rings is 1. The Labute approximate surface area is 89.3 Å². The van der Waals surface area contributed by atoms with Crippen LogP contribution in [0.15, 0.2) is 17.2 Å². The van der Waals surface area contributed by atoms with Gasteiger partial charge in [0.05, 0.1) is 0 Å². The van der Waals surface area contributed by atoms with E-state index >= 15 is 0 Å². The maximum Gasteiger partial charge on any atom is 0.328 e. The maximum absolute atomic E-state index is 11.6. The molecular formula is C10H17ClN2O. The van der Waals surface area contributed by atoms with Crippen LogP contribution in [-0.4, -0.2) is 15.0 Å². The van der Waals surface area contributed by atoms with Crippen molar-refractivity contribution in [3.8, 4) is 0 Å². The van der Waals surface area contributed by atoms with E-state index in [1.165, 1.54) is 0 Å². The highest BCUT2D eigenvalue weighted by molar-refractivity contribution is 6.17. The minimum Gasteiger partial charge on any atom is -0.300 e. The lowest BCUT2D eigenvalue weighted by atomic mass is 10.2. The normalized spacial score (nSPS) is 10.7. The quantitative estimate of drug-likeness (QED) is 0.529. The van der Waals surface area contributed by atoms with Gasteiger partial charge in [-0.2, -0.15) is 0 Å². The molecule has 4 heteroatoms. The zero-order valence-electron chi connectivity index (χ0n) is 8.58. The second-order valence-corrected chi connectivity index (χ2v) is 3.69. The van der Waals surface area contributed by atoms with E-state index in [0.717, 1.165) is 32.4 Å². The second-order valence-electron chi connectivity index (χ2n) is 3.31. The van der Waals surface area contributed by atoms with Gasteiger partial charge in [0.15, 0.2) is 0 Å². The summed E-state index contributed by atoms with van der Waals surface area (Å²) >= 11 is 5.57. The minimum absolute atomic E-state index is 0.0957. The van der Waals surface area contributed by atoms with E-state index in [9.17, 15) is 4.79 Å². The van der Waals surface area contributed by atoms with Gasteiger partial charge in [0, 0.05) is 31.4 Å². The molecule has 1 aromatic rings. The Bertz CT molecular complexity index is 316. The van der Waals surface area contributed by atoms with Crippen molar-refractivity contribution in [1.29, 1.82) is 0 Å². The highest BCUT2D eigenvalue weighted by Gasteiger charge is 2.00. The van der Waals surface area contributed by atoms with Crippen LogP contribution in [0, 0.1) is 0 Å². The average molecular weight is 217 g/mol. The van der Waals surface area contributed by atoms with Gasteiger partial charge >= 0.3 is 5.69 Å². The molecule has 0 N–H and O–H groups in total. The SMILES string of the molecule is CCn1ccn(CCCCCCl)c1=O. The van der Waals surface area contributed by atoms with Crippen molar-refractivity contribution in [2.75, 3.05) is 5.88 Å². The standard InChI is InChI=1S/C10H17ClN2O/c1-2-12-8-9-13(10(12)14)7-5-3-4-6-11/h8-9H,2-7H2,1H3. The summed E-state index contributed by atoms with van der Waals surface area (Å²) in [7, 11) is 0. The molecule has 0 unspecified atom stereocenters. The average Bonchev–Trinajstić information content (AvgIpc) is 2.55. The fourth-order valence-corrected chi connectivity index (χ4v) is 1.61. The van der Waals surface area contributed by atoms with Crippen LogP contribution < -0.4 is 5.69 Å². The lowest BCUT2D eigenvalue weighted by molar-refractivity contribution is 0.572. The number of nitrogens with zero attached hydrogens (tertiary/aromatic N) is 2. The van der Waals surface area contributed by atoms with Crippen molar-refractivity contribution in [2.45, 2.75) is 39.3 Å². The molecule has 0 aliphatic rings. The highest BCUT2D eigenvalue weighted by Crippen LogP contribution is 1.99. The molecule has 14 heavy (non-hydrogen) atoms. The maximum atomic E-state index is 11.6. The third-order valence-corrected chi connectivity index (χ3v) is 2.56. The van der Waals surface area contributed by atoms with Gasteiger partial charge in [0.25, 0.3) is 0 Å². The summed E-state index contributed by atoms with van der Waals surface area (Å²) < 4.78 is 3.47. The molecule has 0 aliphatic carbocycles. The van der Waals surface area contributed by atoms with Crippen LogP contribution >= 0.6 is 11.6 Å². The number of rotatable bonds is 6. The Balaban J connectivity index is 2.43. The molecule has 3 nitrogen and oxygen atoms in total. The van der Waals surface area contributed by atoms with Gasteiger partial charge in [-0.25, -0.2) is 4.79 Å². The van der Waals surface area contributed by atoms with Crippen LogP contribution in [0.3, 0.4) is 0 Å². The van der Waals surface area contributed by atoms with E-state index in [-0.39, 0.29) is 5.69 Å². The van der Waals surface area contributed by atoms with Gasteiger partial charge in [-0.3, -0.25) is 9.13 Å². The number of hydrogen-bond donors (Lipinski definition) is 0. The van der Waals surface area contributed by atoms with Gasteiger partial charge in [-0.15, -0.1) is 11.6 Å². The smallest absolute Gasteiger partial charge is 0.300 e. The van der Waals surface area contributed by atoms with E-state index in [0.29, 0.717) is 5.88 Å². The molecule has 0 radical (unpaired) electrons. The number of alkyl halides is 1. The summed E-state index contributed by atoms with van der Waals surface area (Å²) in [6.07, 6.45) is 6.84. The van der Waals surface area contributed by atoms with Gasteiger partial charge in [0.1, 0.15) is 0 Å². The highest BCUT2D eigenvalue weighted by atomic mass is 35.5. The molecular weight excluding hydrogens is 200 g/mol. The first-order chi connectivity index (χ1) is 6.79. The minimum atomic E-state index is 0.0957. The van der Waals surface area contributed by atoms with Gasteiger partial charge in [-0.1, -0.05) is 6.42 Å². The summed E-state index contributed by atoms with van der Waals surface area (Å²) in [5.41, 5.74) is 0.0957. The Morgan fingerprint density at radius 2 is 1.93 bits per heavy atom. The van der Waals surface area contributed by atoms with Crippen LogP contribution in [0.1, 0.15) is 26.2 Å². The van der Waals surface area contributed by atoms with Crippen LogP contribution in [0.25, 0.3) is 0 Å². The molecule has 0 bridgehead atoms. The van der Waals surface area contributed by atoms with Crippen LogP contribution in [0.4, 0.5) is 0 Å². The predicted octanol–water partition coefficient (Wildman–Crippen LogP) is 2.08. The first-order valence-electron chi connectivity index (χ1n) is 5.11. The summed E-state index contributed by atoms with van der Waals surface area (Å²) in [5.74, 6) is 0.713. The zero-order chi connectivity index (χ0) is 10.4. The third-order valence-electron chi connectivity index (χ3n) is 2.29. The van der Waals surface area contributed by atoms with Crippen molar-refractivity contribution in [3.05, 3.63) is 22.9 Å². The first kappa shape index (κ1) is 11.4. The van der Waals surface area contributed by atoms with E-state index < -0.39 is 0 Å². The molecule has 0 amide bonds. The largest absolute Gasteiger partial charge is 0.328 e. The first-order valence-corrected chi connectivity index (χ1v) is 5.64. The molecule has 0 atom stereocenters. The topological polar surface area (TPSA) is 26.9 Å². The molecule has 80 valence electrons. The molecule has 0 aromatic carbocycles. The Morgan fingerprint density at radius 1 is 1.21 bits per heavy atom. The fourth-order valence-electron chi connectivity index (χ4n) is 1.42. The monoisotopic (exact) mass is 216 g/mol. The number of halogens is 1. The van der Waals surface area contributed by atoms with E-state index in [1.54, 1.807) is 9.13 Å². The van der Waals surface area contributed by atoms with Crippen LogP contribution in [0.5, 0.6) is 0 Å². The Kier molecular flexibility index (Phi) is 4.80. The van der Waals surface area contributed by atoms with Gasteiger partial charge in [-0.05, 0) is 19.8 Å². The molecule has 1 heterocycles. The number of aryl methyl sites for hydroxylation is 2. The number of aromatic nitrogens is 2. The van der Waals surface area contributed by atoms with Crippen molar-refractivity contribution in [3.63, 3.8) is 0 Å².